The van der Waals surface area contributed by atoms with Crippen molar-refractivity contribution in [3.05, 3.63) is 105 Å². The molecule has 43 heavy (non-hydrogen) atoms. The van der Waals surface area contributed by atoms with Gasteiger partial charge in [-0.25, -0.2) is 13.2 Å². The van der Waals surface area contributed by atoms with Crippen LogP contribution in [0.4, 0.5) is 24.5 Å². The Morgan fingerprint density at radius 1 is 0.977 bits per heavy atom. The van der Waals surface area contributed by atoms with Gasteiger partial charge in [0.25, 0.3) is 5.56 Å². The van der Waals surface area contributed by atoms with Crippen molar-refractivity contribution in [3.63, 3.8) is 0 Å². The fourth-order valence-corrected chi connectivity index (χ4v) is 7.22. The number of anilines is 2. The molecule has 1 unspecified atom stereocenters. The Morgan fingerprint density at radius 3 is 2.37 bits per heavy atom. The van der Waals surface area contributed by atoms with Crippen LogP contribution in [-0.4, -0.2) is 50.3 Å². The van der Waals surface area contributed by atoms with Crippen LogP contribution in [0, 0.1) is 24.4 Å². The van der Waals surface area contributed by atoms with Crippen LogP contribution in [0.1, 0.15) is 22.7 Å². The summed E-state index contributed by atoms with van der Waals surface area (Å²) in [6.07, 6.45) is -0.0747. The van der Waals surface area contributed by atoms with Crippen molar-refractivity contribution in [2.45, 2.75) is 24.4 Å². The molecule has 0 saturated carbocycles. The number of ether oxygens (including phenoxy) is 2. The third kappa shape index (κ3) is 5.61. The maximum absolute atomic E-state index is 15.6. The van der Waals surface area contributed by atoms with Gasteiger partial charge in [-0.2, -0.15) is 0 Å². The molecule has 1 aromatic heterocycles. The van der Waals surface area contributed by atoms with E-state index < -0.39 is 17.5 Å². The summed E-state index contributed by atoms with van der Waals surface area (Å²) in [5, 5.41) is 4.09. The molecule has 0 radical (unpaired) electrons. The summed E-state index contributed by atoms with van der Waals surface area (Å²) in [5.74, 6) is -1.41. The van der Waals surface area contributed by atoms with E-state index in [0.717, 1.165) is 24.5 Å². The largest absolute Gasteiger partial charge is 0.494 e. The topological polar surface area (TPSA) is 55.7 Å². The second kappa shape index (κ2) is 12.4. The van der Waals surface area contributed by atoms with Gasteiger partial charge >= 0.3 is 0 Å². The lowest BCUT2D eigenvalue weighted by molar-refractivity contribution is 0.122. The lowest BCUT2D eigenvalue weighted by Crippen LogP contribution is -2.36. The number of aromatic nitrogens is 1. The van der Waals surface area contributed by atoms with E-state index in [4.69, 9.17) is 9.47 Å². The van der Waals surface area contributed by atoms with E-state index in [0.29, 0.717) is 41.7 Å². The number of nitrogens with one attached hydrogen (secondary N) is 1. The first-order valence-electron chi connectivity index (χ1n) is 14.2. The Morgan fingerprint density at radius 2 is 1.67 bits per heavy atom. The van der Waals surface area contributed by atoms with Crippen LogP contribution in [-0.2, 0) is 11.2 Å². The Balaban J connectivity index is 1.38. The van der Waals surface area contributed by atoms with E-state index in [1.807, 2.05) is 12.1 Å². The van der Waals surface area contributed by atoms with Crippen molar-refractivity contribution in [1.82, 2.24) is 4.57 Å². The van der Waals surface area contributed by atoms with E-state index in [2.05, 4.69) is 22.3 Å². The fourth-order valence-electron chi connectivity index (χ4n) is 5.83. The number of methoxy groups -OCH3 is 1. The first-order valence-corrected chi connectivity index (χ1v) is 15.2. The molecular formula is C33H32F3N3O3S. The van der Waals surface area contributed by atoms with Gasteiger partial charge < -0.3 is 19.7 Å². The van der Waals surface area contributed by atoms with Crippen LogP contribution in [0.25, 0.3) is 11.1 Å². The predicted molar refractivity (Wildman–Crippen MR) is 164 cm³/mol. The van der Waals surface area contributed by atoms with Gasteiger partial charge in [0.15, 0.2) is 11.6 Å². The number of rotatable bonds is 8. The highest BCUT2D eigenvalue weighted by atomic mass is 32.2. The molecule has 1 atom stereocenters. The van der Waals surface area contributed by atoms with Crippen LogP contribution in [0.2, 0.25) is 0 Å². The van der Waals surface area contributed by atoms with E-state index in [9.17, 15) is 13.6 Å². The van der Waals surface area contributed by atoms with Crippen molar-refractivity contribution in [2.75, 3.05) is 55.9 Å². The molecule has 2 aliphatic heterocycles. The third-order valence-electron chi connectivity index (χ3n) is 8.17. The number of pyridine rings is 1. The molecule has 0 aliphatic carbocycles. The molecule has 4 aromatic rings. The zero-order valence-corrected chi connectivity index (χ0v) is 24.8. The van der Waals surface area contributed by atoms with Gasteiger partial charge in [0.05, 0.1) is 37.0 Å². The summed E-state index contributed by atoms with van der Waals surface area (Å²) < 4.78 is 57.5. The minimum atomic E-state index is -0.666. The molecule has 0 spiro atoms. The summed E-state index contributed by atoms with van der Waals surface area (Å²) in [4.78, 5) is 16.4. The number of benzene rings is 3. The molecule has 1 N–H and O–H groups in total. The van der Waals surface area contributed by atoms with Crippen molar-refractivity contribution in [2.24, 2.45) is 0 Å². The summed E-state index contributed by atoms with van der Waals surface area (Å²) in [6.45, 7) is 5.27. The molecular weight excluding hydrogens is 575 g/mol. The normalized spacial score (nSPS) is 16.3. The van der Waals surface area contributed by atoms with Gasteiger partial charge in [-0.05, 0) is 60.5 Å². The predicted octanol–water partition coefficient (Wildman–Crippen LogP) is 6.44. The second-order valence-electron chi connectivity index (χ2n) is 10.6. The molecule has 224 valence electrons. The van der Waals surface area contributed by atoms with Crippen LogP contribution in [0.3, 0.4) is 0 Å². The lowest BCUT2D eigenvalue weighted by Gasteiger charge is -2.29. The number of morpholine rings is 1. The average Bonchev–Trinajstić information content (AvgIpc) is 3.45. The van der Waals surface area contributed by atoms with Crippen molar-refractivity contribution in [1.29, 1.82) is 0 Å². The molecule has 3 aromatic carbocycles. The van der Waals surface area contributed by atoms with E-state index >= 15 is 4.39 Å². The number of hydrogen-bond donors (Lipinski definition) is 1. The molecule has 0 amide bonds. The van der Waals surface area contributed by atoms with Gasteiger partial charge in [0, 0.05) is 54.3 Å². The first kappa shape index (κ1) is 29.2. The van der Waals surface area contributed by atoms with Crippen LogP contribution < -0.4 is 20.5 Å². The zero-order chi connectivity index (χ0) is 30.1. The van der Waals surface area contributed by atoms with Gasteiger partial charge in [0.1, 0.15) is 11.6 Å². The Kier molecular flexibility index (Phi) is 8.41. The highest BCUT2D eigenvalue weighted by Crippen LogP contribution is 2.41. The summed E-state index contributed by atoms with van der Waals surface area (Å²) >= 11 is 1.48. The molecule has 1 saturated heterocycles. The Labute approximate surface area is 252 Å². The smallest absolute Gasteiger partial charge is 0.260 e. The standard InChI is InChI=1S/C33H32F3N3O3S/c1-20-25(17-26-27(34)6-4-7-28(26)35)33-39(32(40)30(20)24-5-3-8-29(41-2)31(24)36)23(19-43-33)18-37-21-9-11-22(12-10-21)38-13-15-42-16-14-38/h3-12,23,37H,13-19H2,1-2H3. The third-order valence-corrected chi connectivity index (χ3v) is 9.44. The first-order chi connectivity index (χ1) is 20.9. The zero-order valence-electron chi connectivity index (χ0n) is 24.0. The quantitative estimate of drug-likeness (QED) is 0.249. The molecule has 1 fully saturated rings. The molecule has 2 aliphatic rings. The highest BCUT2D eigenvalue weighted by Gasteiger charge is 2.32. The molecule has 6 rings (SSSR count). The fraction of sp³-hybridized carbons (Fsp3) is 0.303. The highest BCUT2D eigenvalue weighted by molar-refractivity contribution is 7.99. The molecule has 3 heterocycles. The number of halogens is 3. The maximum Gasteiger partial charge on any atom is 0.260 e. The number of nitrogens with zero attached hydrogens (tertiary/aromatic N) is 2. The van der Waals surface area contributed by atoms with Crippen molar-refractivity contribution < 1.29 is 22.6 Å². The summed E-state index contributed by atoms with van der Waals surface area (Å²) in [5.41, 5.74) is 2.93. The minimum absolute atomic E-state index is 0.0108. The summed E-state index contributed by atoms with van der Waals surface area (Å²) in [7, 11) is 1.36. The van der Waals surface area contributed by atoms with Crippen LogP contribution >= 0.6 is 11.8 Å². The van der Waals surface area contributed by atoms with Gasteiger partial charge in [-0.1, -0.05) is 18.2 Å². The van der Waals surface area contributed by atoms with Gasteiger partial charge in [0.2, 0.25) is 0 Å². The molecule has 0 bridgehead atoms. The van der Waals surface area contributed by atoms with E-state index in [-0.39, 0.29) is 40.5 Å². The van der Waals surface area contributed by atoms with Gasteiger partial charge in [-0.15, -0.1) is 11.8 Å². The van der Waals surface area contributed by atoms with E-state index in [1.165, 1.54) is 49.2 Å². The number of fused-ring (bicyclic) bond motifs is 1. The maximum atomic E-state index is 15.6. The molecule has 10 heteroatoms. The molecule has 6 nitrogen and oxygen atoms in total. The van der Waals surface area contributed by atoms with Crippen LogP contribution in [0.15, 0.2) is 70.5 Å². The van der Waals surface area contributed by atoms with Gasteiger partial charge in [-0.3, -0.25) is 9.36 Å². The average molecular weight is 608 g/mol. The Hall–Kier alpha value is -3.89. The summed E-state index contributed by atoms with van der Waals surface area (Å²) in [6, 6.07) is 16.3. The van der Waals surface area contributed by atoms with Crippen LogP contribution in [0.5, 0.6) is 5.75 Å². The second-order valence-corrected chi connectivity index (χ2v) is 11.7. The number of thioether (sulfide) groups is 1. The van der Waals surface area contributed by atoms with Crippen molar-refractivity contribution in [3.8, 4) is 16.9 Å². The Bertz CT molecular complexity index is 1680. The number of hydrogen-bond acceptors (Lipinski definition) is 6. The monoisotopic (exact) mass is 607 g/mol. The SMILES string of the molecule is COc1cccc(-c2c(C)c(Cc3c(F)cccc3F)c3n(c2=O)C(CNc2ccc(N4CCOCC4)cc2)CS3)c1F. The lowest BCUT2D eigenvalue weighted by atomic mass is 9.94. The minimum Gasteiger partial charge on any atom is -0.494 e. The van der Waals surface area contributed by atoms with E-state index in [1.54, 1.807) is 17.6 Å². The van der Waals surface area contributed by atoms with Crippen molar-refractivity contribution >= 4 is 23.1 Å².